The summed E-state index contributed by atoms with van der Waals surface area (Å²) in [6, 6.07) is 33.3. The fourth-order valence-electron chi connectivity index (χ4n) is 5.50. The first-order valence-corrected chi connectivity index (χ1v) is 17.4. The van der Waals surface area contributed by atoms with Gasteiger partial charge in [0.05, 0.1) is 17.8 Å². The molecule has 51 heavy (non-hydrogen) atoms. The zero-order valence-corrected chi connectivity index (χ0v) is 30.7. The van der Waals surface area contributed by atoms with Gasteiger partial charge in [-0.05, 0) is 66.1 Å². The molecule has 0 spiro atoms. The third-order valence-electron chi connectivity index (χ3n) is 8.44. The highest BCUT2D eigenvalue weighted by molar-refractivity contribution is 6.32. The maximum atomic E-state index is 13.0. The highest BCUT2D eigenvalue weighted by Crippen LogP contribution is 2.30. The van der Waals surface area contributed by atoms with Gasteiger partial charge in [0.2, 0.25) is 11.8 Å². The van der Waals surface area contributed by atoms with E-state index in [9.17, 15) is 4.79 Å². The Labute approximate surface area is 315 Å². The fraction of sp³-hybridized carbons (Fsp3) is 0.220. The molecule has 1 saturated heterocycles. The molecule has 1 fully saturated rings. The van der Waals surface area contributed by atoms with Crippen molar-refractivity contribution in [2.45, 2.75) is 26.5 Å². The van der Waals surface area contributed by atoms with Crippen LogP contribution in [-0.2, 0) is 24.4 Å². The van der Waals surface area contributed by atoms with E-state index in [1.807, 2.05) is 47.4 Å². The van der Waals surface area contributed by atoms with Crippen LogP contribution >= 0.6 is 35.6 Å². The molecule has 1 aliphatic heterocycles. The van der Waals surface area contributed by atoms with Gasteiger partial charge in [-0.15, -0.1) is 12.4 Å². The number of aromatic nitrogens is 1. The largest absolute Gasteiger partial charge is 0.493 e. The molecule has 264 valence electrons. The second kappa shape index (κ2) is 18.6. The van der Waals surface area contributed by atoms with Gasteiger partial charge in [-0.2, -0.15) is 0 Å². The fourth-order valence-corrected chi connectivity index (χ4v) is 5.91. The van der Waals surface area contributed by atoms with Crippen molar-refractivity contribution in [2.24, 2.45) is 0 Å². The highest BCUT2D eigenvalue weighted by Gasteiger charge is 2.19. The first kappa shape index (κ1) is 37.7. The van der Waals surface area contributed by atoms with Crippen molar-refractivity contribution in [3.63, 3.8) is 0 Å². The van der Waals surface area contributed by atoms with E-state index in [4.69, 9.17) is 37.4 Å². The monoisotopic (exact) mass is 743 g/mol. The quantitative estimate of drug-likeness (QED) is 0.112. The summed E-state index contributed by atoms with van der Waals surface area (Å²) in [6.45, 7) is 6.94. The van der Waals surface area contributed by atoms with Gasteiger partial charge in [0.15, 0.2) is 0 Å². The third-order valence-corrected chi connectivity index (χ3v) is 9.11. The van der Waals surface area contributed by atoms with Crippen molar-refractivity contribution in [1.82, 2.24) is 14.8 Å². The summed E-state index contributed by atoms with van der Waals surface area (Å²) < 4.78 is 17.5. The van der Waals surface area contributed by atoms with Crippen molar-refractivity contribution in [1.29, 1.82) is 0 Å². The number of hydrogen-bond acceptors (Lipinski definition) is 6. The van der Waals surface area contributed by atoms with E-state index in [0.717, 1.165) is 42.9 Å². The molecule has 0 bridgehead atoms. The number of aryl methyl sites for hydroxylation is 1. The zero-order valence-electron chi connectivity index (χ0n) is 28.3. The Bertz CT molecular complexity index is 1890. The molecule has 4 aromatic carbocycles. The Balaban J connectivity index is 0.00000504. The number of amides is 1. The molecule has 6 rings (SSSR count). The van der Waals surface area contributed by atoms with Gasteiger partial charge < -0.3 is 19.1 Å². The average Bonchev–Trinajstić information content (AvgIpc) is 3.14. The van der Waals surface area contributed by atoms with Crippen LogP contribution in [-0.4, -0.2) is 53.5 Å². The van der Waals surface area contributed by atoms with Crippen molar-refractivity contribution < 1.29 is 19.0 Å². The Kier molecular flexibility index (Phi) is 13.8. The van der Waals surface area contributed by atoms with Gasteiger partial charge in [-0.25, -0.2) is 4.98 Å². The second-order valence-electron chi connectivity index (χ2n) is 12.2. The Hall–Kier alpha value is -4.53. The van der Waals surface area contributed by atoms with E-state index in [0.29, 0.717) is 53.7 Å². The Morgan fingerprint density at radius 1 is 0.804 bits per heavy atom. The molecule has 1 aromatic heterocycles. The molecule has 2 heterocycles. The minimum atomic E-state index is -0.0145. The molecule has 10 heteroatoms. The van der Waals surface area contributed by atoms with Crippen molar-refractivity contribution >= 4 is 47.6 Å². The molecular weight excluding hydrogens is 705 g/mol. The van der Waals surface area contributed by atoms with Gasteiger partial charge in [0.1, 0.15) is 23.9 Å². The lowest BCUT2D eigenvalue weighted by Gasteiger charge is -2.34. The first-order valence-electron chi connectivity index (χ1n) is 16.6. The van der Waals surface area contributed by atoms with E-state index < -0.39 is 0 Å². The molecule has 0 N–H and O–H groups in total. The summed E-state index contributed by atoms with van der Waals surface area (Å²) in [5.41, 5.74) is 5.44. The number of benzene rings is 4. The molecule has 0 radical (unpaired) electrons. The van der Waals surface area contributed by atoms with Crippen LogP contribution < -0.4 is 14.2 Å². The van der Waals surface area contributed by atoms with Crippen molar-refractivity contribution in [2.75, 3.05) is 32.8 Å². The number of nitrogens with zero attached hydrogens (tertiary/aromatic N) is 3. The number of halogens is 3. The molecule has 0 atom stereocenters. The first-order chi connectivity index (χ1) is 24.4. The van der Waals surface area contributed by atoms with Crippen LogP contribution in [0.2, 0.25) is 10.0 Å². The zero-order chi connectivity index (χ0) is 34.7. The lowest BCUT2D eigenvalue weighted by Crippen LogP contribution is -2.47. The number of carbonyl (C=O) groups excluding carboxylic acids is 1. The predicted octanol–water partition coefficient (Wildman–Crippen LogP) is 9.47. The summed E-state index contributed by atoms with van der Waals surface area (Å²) in [5.74, 6) is 2.33. The van der Waals surface area contributed by atoms with Gasteiger partial charge in [0, 0.05) is 61.9 Å². The summed E-state index contributed by atoms with van der Waals surface area (Å²) in [4.78, 5) is 21.6. The van der Waals surface area contributed by atoms with Crippen molar-refractivity contribution in [3.8, 4) is 23.1 Å². The molecule has 0 unspecified atom stereocenters. The Morgan fingerprint density at radius 2 is 1.53 bits per heavy atom. The van der Waals surface area contributed by atoms with Gasteiger partial charge in [-0.3, -0.25) is 9.69 Å². The van der Waals surface area contributed by atoms with E-state index >= 15 is 0 Å². The lowest BCUT2D eigenvalue weighted by molar-refractivity contribution is -0.127. The Morgan fingerprint density at radius 3 is 2.24 bits per heavy atom. The maximum absolute atomic E-state index is 13.0. The standard InChI is InChI=1S/C41H39Cl2N3O4.ClH/c1-30-6-14-35(15-7-30)48-25-20-31-8-10-33(11-9-31)28-45-21-23-46(24-22-45)41(47)19-13-32-12-17-39(38(43)26-32)50-40-18-16-36(27-44-40)49-29-34-4-2-3-5-37(34)42;/h2-19,26-27H,20-25,28-29H2,1H3;1H. The predicted molar refractivity (Wildman–Crippen MR) is 207 cm³/mol. The number of ether oxygens (including phenoxy) is 3. The van der Waals surface area contributed by atoms with Crippen LogP contribution in [0, 0.1) is 6.92 Å². The molecule has 5 aromatic rings. The van der Waals surface area contributed by atoms with E-state index in [2.05, 4.69) is 53.2 Å². The topological polar surface area (TPSA) is 64.1 Å². The number of rotatable bonds is 13. The molecule has 0 aliphatic carbocycles. The summed E-state index contributed by atoms with van der Waals surface area (Å²) in [7, 11) is 0. The van der Waals surface area contributed by atoms with Crippen LogP contribution in [0.1, 0.15) is 27.8 Å². The average molecular weight is 745 g/mol. The smallest absolute Gasteiger partial charge is 0.246 e. The van der Waals surface area contributed by atoms with Crippen LogP contribution in [0.5, 0.6) is 23.1 Å². The molecular formula is C41H40Cl3N3O4. The highest BCUT2D eigenvalue weighted by atomic mass is 35.5. The van der Waals surface area contributed by atoms with Crippen LogP contribution in [0.25, 0.3) is 6.08 Å². The number of piperazine rings is 1. The normalized spacial score (nSPS) is 13.1. The maximum Gasteiger partial charge on any atom is 0.246 e. The lowest BCUT2D eigenvalue weighted by atomic mass is 10.1. The number of pyridine rings is 1. The van der Waals surface area contributed by atoms with E-state index in [1.165, 1.54) is 16.7 Å². The third kappa shape index (κ3) is 11.2. The van der Waals surface area contributed by atoms with Crippen LogP contribution in [0.4, 0.5) is 0 Å². The van der Waals surface area contributed by atoms with Gasteiger partial charge >= 0.3 is 0 Å². The summed E-state index contributed by atoms with van der Waals surface area (Å²) in [6.07, 6.45) is 5.83. The molecule has 1 aliphatic rings. The second-order valence-corrected chi connectivity index (χ2v) is 13.0. The minimum absolute atomic E-state index is 0. The summed E-state index contributed by atoms with van der Waals surface area (Å²) >= 11 is 12.7. The van der Waals surface area contributed by atoms with Crippen LogP contribution in [0.15, 0.2) is 115 Å². The molecule has 7 nitrogen and oxygen atoms in total. The minimum Gasteiger partial charge on any atom is -0.493 e. The van der Waals surface area contributed by atoms with E-state index in [1.54, 1.807) is 42.6 Å². The number of hydrogen-bond donors (Lipinski definition) is 0. The number of carbonyl (C=O) groups is 1. The van der Waals surface area contributed by atoms with Crippen molar-refractivity contribution in [3.05, 3.63) is 153 Å². The van der Waals surface area contributed by atoms with Gasteiger partial charge in [0.25, 0.3) is 0 Å². The van der Waals surface area contributed by atoms with E-state index in [-0.39, 0.29) is 18.3 Å². The van der Waals surface area contributed by atoms with Crippen LogP contribution in [0.3, 0.4) is 0 Å². The summed E-state index contributed by atoms with van der Waals surface area (Å²) in [5, 5.41) is 1.07. The molecule has 0 saturated carbocycles. The van der Waals surface area contributed by atoms with Gasteiger partial charge in [-0.1, -0.05) is 89.4 Å². The SMILES string of the molecule is Cc1ccc(OCCc2ccc(CN3CCN(C(=O)C=Cc4ccc(Oc5ccc(OCc6ccccc6Cl)cn5)c(Cl)c4)CC3)cc2)cc1.Cl. The molecule has 1 amide bonds.